The van der Waals surface area contributed by atoms with Gasteiger partial charge in [-0.2, -0.15) is 0 Å². The topological polar surface area (TPSA) is 25.4 Å². The van der Waals surface area contributed by atoms with Gasteiger partial charge in [0.2, 0.25) is 0 Å². The Kier molecular flexibility index (Phi) is 3.72. The third kappa shape index (κ3) is 2.77. The van der Waals surface area contributed by atoms with E-state index < -0.39 is 0 Å². The summed E-state index contributed by atoms with van der Waals surface area (Å²) in [7, 11) is 0. The average Bonchev–Trinajstić information content (AvgIpc) is 2.69. The van der Waals surface area contributed by atoms with Crippen LogP contribution in [0.15, 0.2) is 5.38 Å². The Morgan fingerprint density at radius 1 is 1.67 bits per heavy atom. The summed E-state index contributed by atoms with van der Waals surface area (Å²) >= 11 is 1.77. The molecule has 1 saturated heterocycles. The minimum absolute atomic E-state index is 0.519. The Bertz CT molecular complexity index is 313. The van der Waals surface area contributed by atoms with Gasteiger partial charge in [0.25, 0.3) is 0 Å². The number of hydrogen-bond donors (Lipinski definition) is 0. The van der Waals surface area contributed by atoms with Crippen LogP contribution in [-0.2, 0) is 17.7 Å². The van der Waals surface area contributed by atoms with Crippen molar-refractivity contribution in [2.24, 2.45) is 0 Å². The van der Waals surface area contributed by atoms with Crippen LogP contribution in [0, 0.1) is 0 Å². The second-order valence-electron chi connectivity index (χ2n) is 3.98. The molecular weight excluding hydrogens is 208 g/mol. The first kappa shape index (κ1) is 11.0. The van der Waals surface area contributed by atoms with E-state index in [4.69, 9.17) is 4.74 Å². The first-order valence-electron chi connectivity index (χ1n) is 5.54. The van der Waals surface area contributed by atoms with Crippen molar-refractivity contribution in [1.29, 1.82) is 0 Å². The van der Waals surface area contributed by atoms with E-state index in [1.807, 2.05) is 0 Å². The molecule has 4 heteroatoms. The molecule has 0 radical (unpaired) electrons. The SMILES string of the molecule is CCc1nc(CN2CCOCC2C)cs1. The van der Waals surface area contributed by atoms with Gasteiger partial charge in [0, 0.05) is 24.5 Å². The first-order chi connectivity index (χ1) is 7.29. The summed E-state index contributed by atoms with van der Waals surface area (Å²) in [5, 5.41) is 3.42. The predicted molar refractivity (Wildman–Crippen MR) is 62.2 cm³/mol. The summed E-state index contributed by atoms with van der Waals surface area (Å²) in [4.78, 5) is 7.04. The van der Waals surface area contributed by atoms with Gasteiger partial charge in [-0.3, -0.25) is 4.90 Å². The van der Waals surface area contributed by atoms with Crippen molar-refractivity contribution < 1.29 is 4.74 Å². The molecule has 0 amide bonds. The van der Waals surface area contributed by atoms with Crippen LogP contribution >= 0.6 is 11.3 Å². The maximum Gasteiger partial charge on any atom is 0.0926 e. The van der Waals surface area contributed by atoms with Gasteiger partial charge < -0.3 is 4.74 Å². The molecule has 1 fully saturated rings. The molecule has 15 heavy (non-hydrogen) atoms. The molecule has 1 aliphatic heterocycles. The second kappa shape index (κ2) is 5.05. The summed E-state index contributed by atoms with van der Waals surface area (Å²) < 4.78 is 5.42. The number of rotatable bonds is 3. The lowest BCUT2D eigenvalue weighted by Crippen LogP contribution is -2.42. The van der Waals surface area contributed by atoms with Crippen molar-refractivity contribution in [3.8, 4) is 0 Å². The Morgan fingerprint density at radius 2 is 2.53 bits per heavy atom. The van der Waals surface area contributed by atoms with Crippen LogP contribution in [0.25, 0.3) is 0 Å². The molecule has 2 rings (SSSR count). The molecule has 2 heterocycles. The number of aromatic nitrogens is 1. The van der Waals surface area contributed by atoms with Gasteiger partial charge in [0.1, 0.15) is 0 Å². The van der Waals surface area contributed by atoms with Crippen molar-refractivity contribution in [2.75, 3.05) is 19.8 Å². The van der Waals surface area contributed by atoms with Gasteiger partial charge in [0.05, 0.1) is 23.9 Å². The fourth-order valence-electron chi connectivity index (χ4n) is 1.79. The van der Waals surface area contributed by atoms with Crippen LogP contribution in [0.4, 0.5) is 0 Å². The van der Waals surface area contributed by atoms with E-state index in [0.717, 1.165) is 32.7 Å². The standard InChI is InChI=1S/C11H18N2OS/c1-3-11-12-10(8-15-11)6-13-4-5-14-7-9(13)2/h8-9H,3-7H2,1-2H3. The van der Waals surface area contributed by atoms with E-state index in [0.29, 0.717) is 6.04 Å². The highest BCUT2D eigenvalue weighted by molar-refractivity contribution is 7.09. The Labute approximate surface area is 95.1 Å². The minimum atomic E-state index is 0.519. The van der Waals surface area contributed by atoms with Gasteiger partial charge >= 0.3 is 0 Å². The number of aryl methyl sites for hydroxylation is 1. The highest BCUT2D eigenvalue weighted by atomic mass is 32.1. The maximum atomic E-state index is 5.42. The van der Waals surface area contributed by atoms with Crippen LogP contribution in [-0.4, -0.2) is 35.7 Å². The molecule has 0 bridgehead atoms. The molecule has 0 aliphatic carbocycles. The van der Waals surface area contributed by atoms with E-state index in [9.17, 15) is 0 Å². The largest absolute Gasteiger partial charge is 0.379 e. The highest BCUT2D eigenvalue weighted by Gasteiger charge is 2.19. The Morgan fingerprint density at radius 3 is 3.20 bits per heavy atom. The third-order valence-electron chi connectivity index (χ3n) is 2.77. The van der Waals surface area contributed by atoms with Crippen molar-refractivity contribution >= 4 is 11.3 Å². The number of ether oxygens (including phenoxy) is 1. The summed E-state index contributed by atoms with van der Waals surface area (Å²) in [5.41, 5.74) is 1.21. The fraction of sp³-hybridized carbons (Fsp3) is 0.727. The molecule has 84 valence electrons. The predicted octanol–water partition coefficient (Wildman–Crippen LogP) is 1.93. The second-order valence-corrected chi connectivity index (χ2v) is 4.92. The van der Waals surface area contributed by atoms with E-state index in [1.54, 1.807) is 11.3 Å². The molecule has 3 nitrogen and oxygen atoms in total. The van der Waals surface area contributed by atoms with Crippen molar-refractivity contribution in [2.45, 2.75) is 32.9 Å². The lowest BCUT2D eigenvalue weighted by Gasteiger charge is -2.32. The fourth-order valence-corrected chi connectivity index (χ4v) is 2.52. The molecule has 1 aliphatic rings. The molecule has 0 N–H and O–H groups in total. The van der Waals surface area contributed by atoms with Gasteiger partial charge in [0.15, 0.2) is 0 Å². The lowest BCUT2D eigenvalue weighted by molar-refractivity contribution is -0.00484. The smallest absolute Gasteiger partial charge is 0.0926 e. The third-order valence-corrected chi connectivity index (χ3v) is 3.81. The van der Waals surface area contributed by atoms with Crippen LogP contribution in [0.3, 0.4) is 0 Å². The zero-order chi connectivity index (χ0) is 10.7. The zero-order valence-electron chi connectivity index (χ0n) is 9.40. The Hall–Kier alpha value is -0.450. The van der Waals surface area contributed by atoms with Crippen LogP contribution < -0.4 is 0 Å². The van der Waals surface area contributed by atoms with E-state index in [2.05, 4.69) is 29.1 Å². The van der Waals surface area contributed by atoms with Crippen molar-refractivity contribution in [3.05, 3.63) is 16.1 Å². The van der Waals surface area contributed by atoms with Gasteiger partial charge in [-0.25, -0.2) is 4.98 Å². The molecule has 0 aromatic carbocycles. The van der Waals surface area contributed by atoms with E-state index in [-0.39, 0.29) is 0 Å². The van der Waals surface area contributed by atoms with Crippen LogP contribution in [0.5, 0.6) is 0 Å². The molecule has 1 aromatic rings. The molecule has 0 saturated carbocycles. The van der Waals surface area contributed by atoms with Crippen molar-refractivity contribution in [1.82, 2.24) is 9.88 Å². The molecule has 1 aromatic heterocycles. The van der Waals surface area contributed by atoms with Gasteiger partial charge in [-0.15, -0.1) is 11.3 Å². The number of morpholine rings is 1. The average molecular weight is 226 g/mol. The summed E-state index contributed by atoms with van der Waals surface area (Å²) in [5.74, 6) is 0. The lowest BCUT2D eigenvalue weighted by atomic mass is 10.2. The molecular formula is C11H18N2OS. The number of nitrogens with zero attached hydrogens (tertiary/aromatic N) is 2. The number of thiazole rings is 1. The summed E-state index contributed by atoms with van der Waals surface area (Å²) in [6.07, 6.45) is 1.04. The minimum Gasteiger partial charge on any atom is -0.379 e. The van der Waals surface area contributed by atoms with Crippen LogP contribution in [0.1, 0.15) is 24.5 Å². The highest BCUT2D eigenvalue weighted by Crippen LogP contribution is 2.15. The maximum absolute atomic E-state index is 5.42. The van der Waals surface area contributed by atoms with Crippen LogP contribution in [0.2, 0.25) is 0 Å². The monoisotopic (exact) mass is 226 g/mol. The zero-order valence-corrected chi connectivity index (χ0v) is 10.2. The normalized spacial score (nSPS) is 23.2. The number of hydrogen-bond acceptors (Lipinski definition) is 4. The van der Waals surface area contributed by atoms with Gasteiger partial charge in [-0.1, -0.05) is 6.92 Å². The van der Waals surface area contributed by atoms with E-state index in [1.165, 1.54) is 10.7 Å². The first-order valence-corrected chi connectivity index (χ1v) is 6.42. The quantitative estimate of drug-likeness (QED) is 0.787. The van der Waals surface area contributed by atoms with Crippen molar-refractivity contribution in [3.63, 3.8) is 0 Å². The molecule has 1 atom stereocenters. The Balaban J connectivity index is 1.95. The van der Waals surface area contributed by atoms with E-state index >= 15 is 0 Å². The van der Waals surface area contributed by atoms with Gasteiger partial charge in [-0.05, 0) is 13.3 Å². The molecule has 0 spiro atoms. The molecule has 1 unspecified atom stereocenters. The summed E-state index contributed by atoms with van der Waals surface area (Å²) in [6.45, 7) is 8.08. The summed E-state index contributed by atoms with van der Waals surface area (Å²) in [6, 6.07) is 0.519.